The van der Waals surface area contributed by atoms with Crippen LogP contribution in [0.2, 0.25) is 0 Å². The van der Waals surface area contributed by atoms with Gasteiger partial charge in [-0.1, -0.05) is 6.92 Å². The molecule has 0 saturated heterocycles. The van der Waals surface area contributed by atoms with Crippen LogP contribution in [0.5, 0.6) is 0 Å². The maximum Gasteiger partial charge on any atom is 0.241 e. The van der Waals surface area contributed by atoms with Gasteiger partial charge >= 0.3 is 0 Å². The number of hydrogen-bond acceptors (Lipinski definition) is 5. The number of rotatable bonds is 5. The number of carbonyl (C=O) groups excluding carboxylic acids is 1. The molecule has 2 heterocycles. The Labute approximate surface area is 115 Å². The average Bonchev–Trinajstić information content (AvgIpc) is 3.05. The molecule has 19 heavy (non-hydrogen) atoms. The molecule has 1 amide bonds. The summed E-state index contributed by atoms with van der Waals surface area (Å²) in [5.74, 6) is -0.0125. The first-order chi connectivity index (χ1) is 9.08. The third-order valence-corrected chi connectivity index (χ3v) is 3.83. The Morgan fingerprint density at radius 3 is 3.00 bits per heavy atom. The highest BCUT2D eigenvalue weighted by Crippen LogP contribution is 2.16. The fourth-order valence-corrected chi connectivity index (χ4v) is 2.38. The van der Waals surface area contributed by atoms with E-state index in [4.69, 9.17) is 5.73 Å². The summed E-state index contributed by atoms with van der Waals surface area (Å²) in [6, 6.07) is -0.683. The summed E-state index contributed by atoms with van der Waals surface area (Å²) in [5.41, 5.74) is 6.59. The smallest absolute Gasteiger partial charge is 0.241 e. The van der Waals surface area contributed by atoms with Gasteiger partial charge in [-0.2, -0.15) is 5.10 Å². The van der Waals surface area contributed by atoms with E-state index in [1.54, 1.807) is 41.7 Å². The monoisotopic (exact) mass is 279 g/mol. The maximum atomic E-state index is 11.9. The number of nitrogens with one attached hydrogen (secondary N) is 1. The van der Waals surface area contributed by atoms with Crippen molar-refractivity contribution in [3.63, 3.8) is 0 Å². The SMILES string of the molecule is CC(CNC(=O)C(N)c1cnn(C)c1)c1nccs1. The lowest BCUT2D eigenvalue weighted by atomic mass is 10.1. The molecule has 0 aliphatic heterocycles. The summed E-state index contributed by atoms with van der Waals surface area (Å²) in [7, 11) is 1.79. The number of amides is 1. The molecule has 2 rings (SSSR count). The zero-order chi connectivity index (χ0) is 13.8. The van der Waals surface area contributed by atoms with Crippen LogP contribution in [0.15, 0.2) is 24.0 Å². The molecule has 102 valence electrons. The minimum atomic E-state index is -0.683. The Balaban J connectivity index is 1.87. The van der Waals surface area contributed by atoms with Crippen molar-refractivity contribution in [2.45, 2.75) is 18.9 Å². The zero-order valence-corrected chi connectivity index (χ0v) is 11.7. The van der Waals surface area contributed by atoms with Gasteiger partial charge in [0.2, 0.25) is 5.91 Å². The van der Waals surface area contributed by atoms with Gasteiger partial charge in [-0.15, -0.1) is 11.3 Å². The van der Waals surface area contributed by atoms with E-state index in [1.165, 1.54) is 0 Å². The van der Waals surface area contributed by atoms with E-state index < -0.39 is 6.04 Å². The molecule has 0 bridgehead atoms. The second-order valence-electron chi connectivity index (χ2n) is 4.44. The lowest BCUT2D eigenvalue weighted by molar-refractivity contribution is -0.122. The number of aryl methyl sites for hydroxylation is 1. The van der Waals surface area contributed by atoms with E-state index >= 15 is 0 Å². The van der Waals surface area contributed by atoms with Gasteiger partial charge < -0.3 is 11.1 Å². The molecule has 7 heteroatoms. The molecule has 0 aromatic carbocycles. The molecule has 0 aliphatic rings. The highest BCUT2D eigenvalue weighted by molar-refractivity contribution is 7.09. The van der Waals surface area contributed by atoms with Crippen molar-refractivity contribution in [2.75, 3.05) is 6.54 Å². The largest absolute Gasteiger partial charge is 0.354 e. The van der Waals surface area contributed by atoms with E-state index in [9.17, 15) is 4.79 Å². The van der Waals surface area contributed by atoms with E-state index in [2.05, 4.69) is 15.4 Å². The second kappa shape index (κ2) is 5.94. The number of hydrogen-bond donors (Lipinski definition) is 2. The van der Waals surface area contributed by atoms with Gasteiger partial charge in [0, 0.05) is 42.8 Å². The van der Waals surface area contributed by atoms with Crippen LogP contribution in [-0.4, -0.2) is 27.2 Å². The third kappa shape index (κ3) is 3.39. The first-order valence-electron chi connectivity index (χ1n) is 5.99. The molecule has 6 nitrogen and oxygen atoms in total. The highest BCUT2D eigenvalue weighted by Gasteiger charge is 2.18. The van der Waals surface area contributed by atoms with Crippen molar-refractivity contribution in [3.05, 3.63) is 34.5 Å². The molecule has 0 saturated carbocycles. The van der Waals surface area contributed by atoms with Crippen LogP contribution in [-0.2, 0) is 11.8 Å². The summed E-state index contributed by atoms with van der Waals surface area (Å²) in [6.45, 7) is 2.55. The third-order valence-electron chi connectivity index (χ3n) is 2.82. The quantitative estimate of drug-likeness (QED) is 0.847. The normalized spacial score (nSPS) is 14.1. The summed E-state index contributed by atoms with van der Waals surface area (Å²) in [4.78, 5) is 16.2. The Bertz CT molecular complexity index is 536. The van der Waals surface area contributed by atoms with Crippen LogP contribution >= 0.6 is 11.3 Å². The van der Waals surface area contributed by atoms with Crippen LogP contribution in [0.1, 0.15) is 29.5 Å². The van der Waals surface area contributed by atoms with Gasteiger partial charge in [0.25, 0.3) is 0 Å². The minimum absolute atomic E-state index is 0.185. The summed E-state index contributed by atoms with van der Waals surface area (Å²) in [6.07, 6.45) is 5.11. The standard InChI is InChI=1S/C12H17N5OS/c1-8(12-14-3-4-19-12)5-15-11(18)10(13)9-6-16-17(2)7-9/h3-4,6-8,10H,5,13H2,1-2H3,(H,15,18). The van der Waals surface area contributed by atoms with Crippen LogP contribution < -0.4 is 11.1 Å². The van der Waals surface area contributed by atoms with Crippen LogP contribution in [0.3, 0.4) is 0 Å². The topological polar surface area (TPSA) is 85.8 Å². The molecule has 2 aromatic rings. The predicted molar refractivity (Wildman–Crippen MR) is 73.7 cm³/mol. The Morgan fingerprint density at radius 2 is 2.42 bits per heavy atom. The molecule has 0 aliphatic carbocycles. The second-order valence-corrected chi connectivity index (χ2v) is 5.37. The molecule has 0 radical (unpaired) electrons. The van der Waals surface area contributed by atoms with Gasteiger partial charge in [-0.05, 0) is 0 Å². The van der Waals surface area contributed by atoms with Gasteiger partial charge in [-0.3, -0.25) is 9.48 Å². The molecule has 2 atom stereocenters. The van der Waals surface area contributed by atoms with Crippen LogP contribution in [0, 0.1) is 0 Å². The molecule has 0 spiro atoms. The van der Waals surface area contributed by atoms with E-state index in [-0.39, 0.29) is 11.8 Å². The zero-order valence-electron chi connectivity index (χ0n) is 10.9. The van der Waals surface area contributed by atoms with Crippen molar-refractivity contribution in [1.82, 2.24) is 20.1 Å². The average molecular weight is 279 g/mol. The molecular weight excluding hydrogens is 262 g/mol. The summed E-state index contributed by atoms with van der Waals surface area (Å²) < 4.78 is 1.63. The van der Waals surface area contributed by atoms with Crippen molar-refractivity contribution in [2.24, 2.45) is 12.8 Å². The highest BCUT2D eigenvalue weighted by atomic mass is 32.1. The maximum absolute atomic E-state index is 11.9. The molecular formula is C12H17N5OS. The van der Waals surface area contributed by atoms with Gasteiger partial charge in [-0.25, -0.2) is 4.98 Å². The van der Waals surface area contributed by atoms with Gasteiger partial charge in [0.15, 0.2) is 0 Å². The minimum Gasteiger partial charge on any atom is -0.354 e. The Morgan fingerprint density at radius 1 is 1.63 bits per heavy atom. The molecule has 0 fully saturated rings. The first-order valence-corrected chi connectivity index (χ1v) is 6.87. The van der Waals surface area contributed by atoms with Gasteiger partial charge in [0.05, 0.1) is 11.2 Å². The van der Waals surface area contributed by atoms with Crippen molar-refractivity contribution >= 4 is 17.2 Å². The fraction of sp³-hybridized carbons (Fsp3) is 0.417. The van der Waals surface area contributed by atoms with Crippen molar-refractivity contribution < 1.29 is 4.79 Å². The molecule has 2 aromatic heterocycles. The number of nitrogens with two attached hydrogens (primary N) is 1. The number of carbonyl (C=O) groups is 1. The molecule has 2 unspecified atom stereocenters. The van der Waals surface area contributed by atoms with Crippen LogP contribution in [0.25, 0.3) is 0 Å². The van der Waals surface area contributed by atoms with Crippen molar-refractivity contribution in [3.8, 4) is 0 Å². The summed E-state index contributed by atoms with van der Waals surface area (Å²) >= 11 is 1.58. The number of thiazole rings is 1. The number of nitrogens with zero attached hydrogens (tertiary/aromatic N) is 3. The Hall–Kier alpha value is -1.73. The van der Waals surface area contributed by atoms with E-state index in [0.717, 1.165) is 5.01 Å². The predicted octanol–water partition coefficient (Wildman–Crippen LogP) is 0.796. The summed E-state index contributed by atoms with van der Waals surface area (Å²) in [5, 5.41) is 9.78. The molecule has 3 N–H and O–H groups in total. The lowest BCUT2D eigenvalue weighted by Crippen LogP contribution is -2.35. The Kier molecular flexibility index (Phi) is 4.28. The van der Waals surface area contributed by atoms with Crippen LogP contribution in [0.4, 0.5) is 0 Å². The number of aromatic nitrogens is 3. The lowest BCUT2D eigenvalue weighted by Gasteiger charge is -2.13. The van der Waals surface area contributed by atoms with E-state index in [0.29, 0.717) is 12.1 Å². The van der Waals surface area contributed by atoms with E-state index in [1.807, 2.05) is 12.3 Å². The van der Waals surface area contributed by atoms with Crippen molar-refractivity contribution in [1.29, 1.82) is 0 Å². The first kappa shape index (κ1) is 13.7. The fourth-order valence-electron chi connectivity index (χ4n) is 1.68. The van der Waals surface area contributed by atoms with Gasteiger partial charge in [0.1, 0.15) is 6.04 Å².